The van der Waals surface area contributed by atoms with Gasteiger partial charge in [-0.1, -0.05) is 0 Å². The minimum absolute atomic E-state index is 0.152. The second kappa shape index (κ2) is 2.93. The smallest absolute Gasteiger partial charge is 0.224 e. The van der Waals surface area contributed by atoms with Crippen molar-refractivity contribution in [1.82, 2.24) is 4.98 Å². The van der Waals surface area contributed by atoms with Crippen molar-refractivity contribution in [3.05, 3.63) is 28.0 Å². The molecule has 56 valence electrons. The van der Waals surface area contributed by atoms with Gasteiger partial charge in [0.15, 0.2) is 5.82 Å². The highest BCUT2D eigenvalue weighted by Crippen LogP contribution is 2.18. The Morgan fingerprint density at radius 2 is 2.18 bits per heavy atom. The molecule has 0 aromatic carbocycles. The highest BCUT2D eigenvalue weighted by Gasteiger charge is 2.11. The van der Waals surface area contributed by atoms with Crippen LogP contribution < -0.4 is 0 Å². The van der Waals surface area contributed by atoms with Crippen LogP contribution in [0, 0.1) is 23.1 Å². The van der Waals surface area contributed by atoms with Gasteiger partial charge in [0.05, 0.1) is 4.47 Å². The Kier molecular flexibility index (Phi) is 2.15. The first-order chi connectivity index (χ1) is 5.16. The summed E-state index contributed by atoms with van der Waals surface area (Å²) in [5, 5.41) is 8.31. The lowest BCUT2D eigenvalue weighted by Crippen LogP contribution is -1.94. The van der Waals surface area contributed by atoms with Crippen molar-refractivity contribution in [1.29, 1.82) is 5.26 Å². The molecule has 2 nitrogen and oxygen atoms in total. The molecule has 5 heteroatoms. The average Bonchev–Trinajstić information content (AvgIpc) is 1.99. The summed E-state index contributed by atoms with van der Waals surface area (Å²) in [6.45, 7) is 0. The van der Waals surface area contributed by atoms with E-state index in [2.05, 4.69) is 20.9 Å². The summed E-state index contributed by atoms with van der Waals surface area (Å²) in [7, 11) is 0. The predicted octanol–water partition coefficient (Wildman–Crippen LogP) is 1.99. The van der Waals surface area contributed by atoms with Crippen LogP contribution in [0.4, 0.5) is 8.78 Å². The van der Waals surface area contributed by atoms with Crippen molar-refractivity contribution < 1.29 is 8.78 Å². The van der Waals surface area contributed by atoms with Crippen molar-refractivity contribution >= 4 is 15.9 Å². The normalized spacial score (nSPS) is 9.27. The highest BCUT2D eigenvalue weighted by atomic mass is 79.9. The second-order valence-corrected chi connectivity index (χ2v) is 2.55. The van der Waals surface area contributed by atoms with Crippen molar-refractivity contribution in [2.24, 2.45) is 0 Å². The molecule has 0 saturated heterocycles. The third kappa shape index (κ3) is 1.35. The Bertz CT molecular complexity index is 332. The van der Waals surface area contributed by atoms with Gasteiger partial charge in [-0.15, -0.1) is 0 Å². The zero-order valence-corrected chi connectivity index (χ0v) is 6.69. The number of pyridine rings is 1. The molecule has 0 unspecified atom stereocenters. The summed E-state index contributed by atoms with van der Waals surface area (Å²) in [6, 6.07) is 1.50. The Hall–Kier alpha value is -1.02. The molecule has 0 aliphatic rings. The van der Waals surface area contributed by atoms with Gasteiger partial charge >= 0.3 is 0 Å². The van der Waals surface area contributed by atoms with Gasteiger partial charge in [0.1, 0.15) is 11.6 Å². The molecule has 11 heavy (non-hydrogen) atoms. The van der Waals surface area contributed by atoms with Crippen LogP contribution >= 0.6 is 15.9 Å². The standard InChI is InChI=1S/C6HBrF2N2/c7-4-2-11-6(9)5(8)3(4)1-10/h2H. The molecule has 1 rings (SSSR count). The fraction of sp³-hybridized carbons (Fsp3) is 0. The molecule has 1 aromatic rings. The van der Waals surface area contributed by atoms with Gasteiger partial charge in [-0.2, -0.15) is 9.65 Å². The van der Waals surface area contributed by atoms with Gasteiger partial charge in [0.2, 0.25) is 5.95 Å². The van der Waals surface area contributed by atoms with Crippen LogP contribution in [-0.2, 0) is 0 Å². The number of hydrogen-bond donors (Lipinski definition) is 0. The minimum Gasteiger partial charge on any atom is -0.224 e. The number of hydrogen-bond acceptors (Lipinski definition) is 2. The molecule has 0 fully saturated rings. The van der Waals surface area contributed by atoms with Gasteiger partial charge < -0.3 is 0 Å². The second-order valence-electron chi connectivity index (χ2n) is 1.70. The molecule has 0 amide bonds. The van der Waals surface area contributed by atoms with E-state index in [9.17, 15) is 8.78 Å². The number of halogens is 3. The lowest BCUT2D eigenvalue weighted by Gasteiger charge is -1.95. The molecule has 0 aliphatic carbocycles. The quantitative estimate of drug-likeness (QED) is 0.625. The maximum atomic E-state index is 12.6. The monoisotopic (exact) mass is 218 g/mol. The molecule has 0 aliphatic heterocycles. The van der Waals surface area contributed by atoms with Gasteiger partial charge in [-0.3, -0.25) is 0 Å². The summed E-state index contributed by atoms with van der Waals surface area (Å²) in [5.41, 5.74) is -0.363. The SMILES string of the molecule is N#Cc1c(Br)cnc(F)c1F. The van der Waals surface area contributed by atoms with Crippen molar-refractivity contribution in [3.63, 3.8) is 0 Å². The number of nitriles is 1. The third-order valence-corrected chi connectivity index (χ3v) is 1.64. The van der Waals surface area contributed by atoms with Crippen molar-refractivity contribution in [2.75, 3.05) is 0 Å². The van der Waals surface area contributed by atoms with Crippen LogP contribution in [0.2, 0.25) is 0 Å². The first-order valence-electron chi connectivity index (χ1n) is 2.56. The van der Waals surface area contributed by atoms with Gasteiger partial charge in [-0.05, 0) is 15.9 Å². The lowest BCUT2D eigenvalue weighted by molar-refractivity contribution is 0.476. The van der Waals surface area contributed by atoms with Crippen molar-refractivity contribution in [3.8, 4) is 6.07 Å². The largest absolute Gasteiger partial charge is 0.250 e. The minimum atomic E-state index is -1.26. The maximum absolute atomic E-state index is 12.6. The van der Waals surface area contributed by atoms with E-state index in [1.54, 1.807) is 0 Å². The molecule has 0 bridgehead atoms. The first-order valence-corrected chi connectivity index (χ1v) is 3.35. The highest BCUT2D eigenvalue weighted by molar-refractivity contribution is 9.10. The van der Waals surface area contributed by atoms with Crippen LogP contribution in [0.3, 0.4) is 0 Å². The molecular formula is C6HBrF2N2. The number of aromatic nitrogens is 1. The van der Waals surface area contributed by atoms with Gasteiger partial charge in [-0.25, -0.2) is 9.37 Å². The van der Waals surface area contributed by atoms with E-state index >= 15 is 0 Å². The molecule has 0 saturated carbocycles. The van der Waals surface area contributed by atoms with E-state index in [4.69, 9.17) is 5.26 Å². The molecule has 0 spiro atoms. The van der Waals surface area contributed by atoms with E-state index in [-0.39, 0.29) is 10.0 Å². The molecule has 1 aromatic heterocycles. The van der Waals surface area contributed by atoms with Crippen LogP contribution in [0.5, 0.6) is 0 Å². The summed E-state index contributed by atoms with van der Waals surface area (Å²) >= 11 is 2.85. The first kappa shape index (κ1) is 8.08. The molecule has 1 heterocycles. The topological polar surface area (TPSA) is 36.7 Å². The zero-order chi connectivity index (χ0) is 8.43. The summed E-state index contributed by atoms with van der Waals surface area (Å²) < 4.78 is 25.0. The number of nitrogens with zero attached hydrogens (tertiary/aromatic N) is 2. The predicted molar refractivity (Wildman–Crippen MR) is 36.6 cm³/mol. The Balaban J connectivity index is 3.44. The molecule has 0 atom stereocenters. The van der Waals surface area contributed by atoms with E-state index < -0.39 is 11.8 Å². The Labute approximate surface area is 69.6 Å². The van der Waals surface area contributed by atoms with E-state index in [0.717, 1.165) is 6.20 Å². The fourth-order valence-electron chi connectivity index (χ4n) is 0.545. The summed E-state index contributed by atoms with van der Waals surface area (Å²) in [4.78, 5) is 3.05. The van der Waals surface area contributed by atoms with Crippen molar-refractivity contribution in [2.45, 2.75) is 0 Å². The maximum Gasteiger partial charge on any atom is 0.250 e. The molecule has 0 N–H and O–H groups in total. The molecular weight excluding hydrogens is 218 g/mol. The fourth-order valence-corrected chi connectivity index (χ4v) is 0.910. The third-order valence-electron chi connectivity index (χ3n) is 1.04. The lowest BCUT2D eigenvalue weighted by atomic mass is 10.3. The Morgan fingerprint density at radius 3 is 2.64 bits per heavy atom. The van der Waals surface area contributed by atoms with Gasteiger partial charge in [0.25, 0.3) is 0 Å². The van der Waals surface area contributed by atoms with Crippen LogP contribution in [0.1, 0.15) is 5.56 Å². The van der Waals surface area contributed by atoms with Gasteiger partial charge in [0, 0.05) is 6.20 Å². The van der Waals surface area contributed by atoms with E-state index in [1.807, 2.05) is 0 Å². The zero-order valence-electron chi connectivity index (χ0n) is 5.11. The van der Waals surface area contributed by atoms with E-state index in [0.29, 0.717) is 0 Å². The van der Waals surface area contributed by atoms with Crippen LogP contribution in [0.25, 0.3) is 0 Å². The summed E-state index contributed by atoms with van der Waals surface area (Å²) in [5.74, 6) is -2.48. The van der Waals surface area contributed by atoms with Crippen LogP contribution in [0.15, 0.2) is 10.7 Å². The van der Waals surface area contributed by atoms with Crippen LogP contribution in [-0.4, -0.2) is 4.98 Å². The average molecular weight is 219 g/mol. The Morgan fingerprint density at radius 1 is 1.55 bits per heavy atom. The summed E-state index contributed by atoms with van der Waals surface area (Å²) in [6.07, 6.45) is 1.04. The molecule has 0 radical (unpaired) electrons. The number of rotatable bonds is 0. The van der Waals surface area contributed by atoms with E-state index in [1.165, 1.54) is 6.07 Å².